The standard InChI is InChI=1S/C30H32FN5O4/c1-2-39-23-15-13-21(14-16-23)29(30(38)32-18-24-9-7-17-40-24)35(19-22-8-3-4-10-25(22)31)28(37)20-36-27-12-6-5-11-26(27)33-34-36/h3-6,8,10-16,24,29H,2,7,9,17-20H2,1H3,(H,32,38). The zero-order valence-corrected chi connectivity index (χ0v) is 22.3. The van der Waals surface area contributed by atoms with E-state index in [2.05, 4.69) is 15.6 Å². The van der Waals surface area contributed by atoms with E-state index in [1.54, 1.807) is 42.5 Å². The Hall–Kier alpha value is -4.31. The van der Waals surface area contributed by atoms with Gasteiger partial charge in [-0.25, -0.2) is 9.07 Å². The first-order valence-electron chi connectivity index (χ1n) is 13.5. The summed E-state index contributed by atoms with van der Waals surface area (Å²) in [7, 11) is 0. The van der Waals surface area contributed by atoms with Crippen molar-refractivity contribution in [2.45, 2.75) is 45.0 Å². The van der Waals surface area contributed by atoms with Gasteiger partial charge in [-0.1, -0.05) is 47.7 Å². The number of hydrogen-bond donors (Lipinski definition) is 1. The van der Waals surface area contributed by atoms with Crippen LogP contribution in [0.3, 0.4) is 0 Å². The van der Waals surface area contributed by atoms with Crippen LogP contribution >= 0.6 is 0 Å². The smallest absolute Gasteiger partial charge is 0.247 e. The number of aromatic nitrogens is 3. The first kappa shape index (κ1) is 27.3. The Morgan fingerprint density at radius 1 is 1.12 bits per heavy atom. The van der Waals surface area contributed by atoms with Crippen LogP contribution in [0, 0.1) is 5.82 Å². The molecule has 0 saturated carbocycles. The van der Waals surface area contributed by atoms with Crippen LogP contribution in [0.15, 0.2) is 72.8 Å². The molecule has 2 heterocycles. The summed E-state index contributed by atoms with van der Waals surface area (Å²) in [4.78, 5) is 29.2. The molecule has 5 rings (SSSR count). The van der Waals surface area contributed by atoms with Crippen LogP contribution in [0.25, 0.3) is 11.0 Å². The molecule has 1 aliphatic rings. The fourth-order valence-electron chi connectivity index (χ4n) is 4.89. The Balaban J connectivity index is 1.51. The molecule has 1 fully saturated rings. The molecule has 1 N–H and O–H groups in total. The minimum Gasteiger partial charge on any atom is -0.494 e. The van der Waals surface area contributed by atoms with Crippen molar-refractivity contribution >= 4 is 22.8 Å². The number of carbonyl (C=O) groups excluding carboxylic acids is 2. The third-order valence-electron chi connectivity index (χ3n) is 6.92. The molecule has 40 heavy (non-hydrogen) atoms. The molecule has 208 valence electrons. The Morgan fingerprint density at radius 3 is 2.65 bits per heavy atom. The van der Waals surface area contributed by atoms with E-state index in [4.69, 9.17) is 9.47 Å². The van der Waals surface area contributed by atoms with Crippen molar-refractivity contribution in [3.05, 3.63) is 89.7 Å². The van der Waals surface area contributed by atoms with Gasteiger partial charge in [0, 0.05) is 25.3 Å². The van der Waals surface area contributed by atoms with E-state index in [0.29, 0.717) is 47.7 Å². The van der Waals surface area contributed by atoms with Crippen molar-refractivity contribution < 1.29 is 23.5 Å². The molecule has 0 radical (unpaired) electrons. The Labute approximate surface area is 231 Å². The molecule has 2 atom stereocenters. The van der Waals surface area contributed by atoms with Gasteiger partial charge in [0.2, 0.25) is 11.8 Å². The molecule has 1 saturated heterocycles. The van der Waals surface area contributed by atoms with Gasteiger partial charge in [-0.3, -0.25) is 9.59 Å². The number of nitrogens with zero attached hydrogens (tertiary/aromatic N) is 4. The van der Waals surface area contributed by atoms with E-state index in [1.807, 2.05) is 31.2 Å². The van der Waals surface area contributed by atoms with Crippen molar-refractivity contribution in [1.29, 1.82) is 0 Å². The summed E-state index contributed by atoms with van der Waals surface area (Å²) in [6.45, 7) is 3.06. The molecule has 2 amide bonds. The largest absolute Gasteiger partial charge is 0.494 e. The number of fused-ring (bicyclic) bond motifs is 1. The van der Waals surface area contributed by atoms with E-state index in [0.717, 1.165) is 12.8 Å². The molecule has 0 spiro atoms. The lowest BCUT2D eigenvalue weighted by Gasteiger charge is -2.32. The van der Waals surface area contributed by atoms with Crippen LogP contribution < -0.4 is 10.1 Å². The Bertz CT molecular complexity index is 1450. The van der Waals surface area contributed by atoms with E-state index >= 15 is 0 Å². The molecule has 2 unspecified atom stereocenters. The number of amides is 2. The van der Waals surface area contributed by atoms with Crippen LogP contribution in [-0.4, -0.2) is 57.6 Å². The summed E-state index contributed by atoms with van der Waals surface area (Å²) in [6.07, 6.45) is 1.71. The van der Waals surface area contributed by atoms with Crippen LogP contribution in [0.1, 0.15) is 36.9 Å². The summed E-state index contributed by atoms with van der Waals surface area (Å²) >= 11 is 0. The van der Waals surface area contributed by atoms with Crippen LogP contribution in [0.5, 0.6) is 5.75 Å². The third-order valence-corrected chi connectivity index (χ3v) is 6.92. The minimum absolute atomic E-state index is 0.0813. The third kappa shape index (κ3) is 6.28. The SMILES string of the molecule is CCOc1ccc(C(C(=O)NCC2CCCO2)N(Cc2ccccc2F)C(=O)Cn2nnc3ccccc32)cc1. The molecule has 1 aliphatic heterocycles. The second kappa shape index (κ2) is 12.7. The zero-order chi connectivity index (χ0) is 27.9. The summed E-state index contributed by atoms with van der Waals surface area (Å²) < 4.78 is 27.6. The molecule has 9 nitrogen and oxygen atoms in total. The lowest BCUT2D eigenvalue weighted by molar-refractivity contribution is -0.142. The molecule has 3 aromatic carbocycles. The molecule has 4 aromatic rings. The molecular weight excluding hydrogens is 513 g/mol. The van der Waals surface area contributed by atoms with Crippen molar-refractivity contribution in [2.75, 3.05) is 19.8 Å². The second-order valence-electron chi connectivity index (χ2n) is 9.63. The fourth-order valence-corrected chi connectivity index (χ4v) is 4.89. The molecule has 1 aromatic heterocycles. The highest BCUT2D eigenvalue weighted by Crippen LogP contribution is 2.27. The van der Waals surface area contributed by atoms with E-state index < -0.39 is 17.8 Å². The van der Waals surface area contributed by atoms with Gasteiger partial charge >= 0.3 is 0 Å². The Kier molecular flexibility index (Phi) is 8.65. The normalized spacial score (nSPS) is 15.6. The summed E-state index contributed by atoms with van der Waals surface area (Å²) in [5, 5.41) is 11.3. The lowest BCUT2D eigenvalue weighted by Crippen LogP contribution is -2.46. The predicted octanol–water partition coefficient (Wildman–Crippen LogP) is 4.03. The number of carbonyl (C=O) groups is 2. The monoisotopic (exact) mass is 545 g/mol. The van der Waals surface area contributed by atoms with Crippen molar-refractivity contribution in [1.82, 2.24) is 25.2 Å². The van der Waals surface area contributed by atoms with Crippen LogP contribution in [0.2, 0.25) is 0 Å². The van der Waals surface area contributed by atoms with E-state index in [1.165, 1.54) is 15.6 Å². The van der Waals surface area contributed by atoms with Gasteiger partial charge in [-0.05, 0) is 55.7 Å². The maximum atomic E-state index is 14.9. The highest BCUT2D eigenvalue weighted by Gasteiger charge is 2.33. The second-order valence-corrected chi connectivity index (χ2v) is 9.63. The topological polar surface area (TPSA) is 98.6 Å². The summed E-state index contributed by atoms with van der Waals surface area (Å²) in [5.74, 6) is -0.611. The van der Waals surface area contributed by atoms with Gasteiger partial charge in [0.05, 0.1) is 18.2 Å². The lowest BCUT2D eigenvalue weighted by atomic mass is 10.0. The number of rotatable bonds is 11. The Morgan fingerprint density at radius 2 is 1.90 bits per heavy atom. The summed E-state index contributed by atoms with van der Waals surface area (Å²) in [5.41, 5.74) is 2.19. The highest BCUT2D eigenvalue weighted by molar-refractivity contribution is 5.89. The first-order valence-corrected chi connectivity index (χ1v) is 13.5. The number of hydrogen-bond acceptors (Lipinski definition) is 6. The molecule has 10 heteroatoms. The number of benzene rings is 3. The zero-order valence-electron chi connectivity index (χ0n) is 22.3. The van der Waals surface area contributed by atoms with Gasteiger partial charge < -0.3 is 19.7 Å². The predicted molar refractivity (Wildman–Crippen MR) is 147 cm³/mol. The fraction of sp³-hybridized carbons (Fsp3) is 0.333. The summed E-state index contributed by atoms with van der Waals surface area (Å²) in [6, 6.07) is 19.5. The van der Waals surface area contributed by atoms with Gasteiger partial charge in [0.25, 0.3) is 0 Å². The van der Waals surface area contributed by atoms with Crippen LogP contribution in [-0.2, 0) is 27.4 Å². The molecule has 0 bridgehead atoms. The maximum absolute atomic E-state index is 14.9. The quantitative estimate of drug-likeness (QED) is 0.306. The van der Waals surface area contributed by atoms with Gasteiger partial charge in [-0.15, -0.1) is 5.10 Å². The van der Waals surface area contributed by atoms with Crippen LogP contribution in [0.4, 0.5) is 4.39 Å². The van der Waals surface area contributed by atoms with Crippen molar-refractivity contribution in [3.63, 3.8) is 0 Å². The first-order chi connectivity index (χ1) is 19.5. The van der Waals surface area contributed by atoms with E-state index in [9.17, 15) is 14.0 Å². The van der Waals surface area contributed by atoms with E-state index in [-0.39, 0.29) is 25.1 Å². The van der Waals surface area contributed by atoms with Gasteiger partial charge in [0.1, 0.15) is 29.7 Å². The molecule has 0 aliphatic carbocycles. The van der Waals surface area contributed by atoms with Gasteiger partial charge in [0.15, 0.2) is 0 Å². The molecular formula is C30H32FN5O4. The van der Waals surface area contributed by atoms with Crippen molar-refractivity contribution in [2.24, 2.45) is 0 Å². The van der Waals surface area contributed by atoms with Crippen molar-refractivity contribution in [3.8, 4) is 5.75 Å². The van der Waals surface area contributed by atoms with Gasteiger partial charge in [-0.2, -0.15) is 0 Å². The maximum Gasteiger partial charge on any atom is 0.247 e. The highest BCUT2D eigenvalue weighted by atomic mass is 19.1. The number of halogens is 1. The average Bonchev–Trinajstić information content (AvgIpc) is 3.64. The number of ether oxygens (including phenoxy) is 2. The average molecular weight is 546 g/mol. The number of nitrogens with one attached hydrogen (secondary N) is 1. The number of para-hydroxylation sites is 1. The minimum atomic E-state index is -1.04.